The number of benzene rings is 2. The fraction of sp³-hybridized carbons (Fsp3) is 0.304. The van der Waals surface area contributed by atoms with Gasteiger partial charge in [0.2, 0.25) is 11.8 Å². The van der Waals surface area contributed by atoms with E-state index in [0.717, 1.165) is 33.5 Å². The SMILES string of the molecule is CCOc1ccccc1C1c2[nH]c3ccccc3c2C[C@H]2C(=O)N(C)CC(=O)N12. The van der Waals surface area contributed by atoms with E-state index in [1.807, 2.05) is 49.4 Å². The number of aromatic amines is 1. The summed E-state index contributed by atoms with van der Waals surface area (Å²) >= 11 is 0. The largest absolute Gasteiger partial charge is 0.494 e. The van der Waals surface area contributed by atoms with Crippen molar-refractivity contribution in [2.24, 2.45) is 0 Å². The summed E-state index contributed by atoms with van der Waals surface area (Å²) in [5, 5.41) is 1.11. The summed E-state index contributed by atoms with van der Waals surface area (Å²) < 4.78 is 5.90. The number of nitrogens with one attached hydrogen (secondary N) is 1. The van der Waals surface area contributed by atoms with E-state index in [0.29, 0.717) is 13.0 Å². The van der Waals surface area contributed by atoms with Gasteiger partial charge in [0.05, 0.1) is 13.2 Å². The minimum absolute atomic E-state index is 0.0144. The third kappa shape index (κ3) is 2.63. The first kappa shape index (κ1) is 17.8. The van der Waals surface area contributed by atoms with Crippen molar-refractivity contribution in [1.82, 2.24) is 14.8 Å². The van der Waals surface area contributed by atoms with Crippen molar-refractivity contribution in [2.75, 3.05) is 20.2 Å². The highest BCUT2D eigenvalue weighted by Crippen LogP contribution is 2.44. The minimum Gasteiger partial charge on any atom is -0.494 e. The Morgan fingerprint density at radius 2 is 1.86 bits per heavy atom. The summed E-state index contributed by atoms with van der Waals surface area (Å²) in [5.41, 5.74) is 4.00. The molecule has 0 saturated carbocycles. The van der Waals surface area contributed by atoms with E-state index >= 15 is 0 Å². The van der Waals surface area contributed by atoms with E-state index in [-0.39, 0.29) is 24.4 Å². The van der Waals surface area contributed by atoms with Crippen LogP contribution >= 0.6 is 0 Å². The molecule has 1 saturated heterocycles. The van der Waals surface area contributed by atoms with Crippen LogP contribution in [-0.2, 0) is 16.0 Å². The number of carbonyl (C=O) groups is 2. The highest BCUT2D eigenvalue weighted by Gasteiger charge is 2.48. The lowest BCUT2D eigenvalue weighted by Crippen LogP contribution is -2.62. The van der Waals surface area contributed by atoms with Crippen LogP contribution in [0.4, 0.5) is 0 Å². The zero-order chi connectivity index (χ0) is 20.1. The number of hydrogen-bond acceptors (Lipinski definition) is 3. The Kier molecular flexibility index (Phi) is 4.08. The number of likely N-dealkylation sites (N-methyl/N-ethyl adjacent to an activating group) is 1. The summed E-state index contributed by atoms with van der Waals surface area (Å²) in [6.07, 6.45) is 0.515. The molecular formula is C23H23N3O3. The van der Waals surface area contributed by atoms with E-state index in [9.17, 15) is 9.59 Å². The van der Waals surface area contributed by atoms with Gasteiger partial charge in [0.15, 0.2) is 0 Å². The van der Waals surface area contributed by atoms with Gasteiger partial charge in [-0.1, -0.05) is 36.4 Å². The van der Waals surface area contributed by atoms with Gasteiger partial charge in [-0.2, -0.15) is 0 Å². The first-order valence-corrected chi connectivity index (χ1v) is 9.97. The van der Waals surface area contributed by atoms with E-state index in [1.165, 1.54) is 4.90 Å². The van der Waals surface area contributed by atoms with Crippen molar-refractivity contribution in [3.05, 3.63) is 65.4 Å². The third-order valence-corrected chi connectivity index (χ3v) is 5.97. The summed E-state index contributed by atoms with van der Waals surface area (Å²) in [4.78, 5) is 33.0. The van der Waals surface area contributed by atoms with Gasteiger partial charge in [0.25, 0.3) is 0 Å². The molecule has 3 aromatic rings. The molecule has 0 bridgehead atoms. The molecule has 6 nitrogen and oxygen atoms in total. The number of rotatable bonds is 3. The molecule has 2 atom stereocenters. The van der Waals surface area contributed by atoms with E-state index < -0.39 is 6.04 Å². The van der Waals surface area contributed by atoms with Crippen LogP contribution in [0.15, 0.2) is 48.5 Å². The molecule has 1 fully saturated rings. The molecular weight excluding hydrogens is 366 g/mol. The number of carbonyl (C=O) groups excluding carboxylic acids is 2. The number of amides is 2. The summed E-state index contributed by atoms with van der Waals surface area (Å²) in [5.74, 6) is 0.682. The van der Waals surface area contributed by atoms with Crippen LogP contribution in [0.25, 0.3) is 10.9 Å². The molecule has 0 radical (unpaired) electrons. The molecule has 2 aromatic carbocycles. The molecule has 1 unspecified atom stereocenters. The van der Waals surface area contributed by atoms with Crippen LogP contribution < -0.4 is 4.74 Å². The van der Waals surface area contributed by atoms with Crippen LogP contribution in [0.2, 0.25) is 0 Å². The molecule has 148 valence electrons. The lowest BCUT2D eigenvalue weighted by atomic mass is 9.86. The average Bonchev–Trinajstić information content (AvgIpc) is 3.10. The standard InChI is InChI=1S/C23H23N3O3/c1-3-29-19-11-7-5-9-15(19)22-21-16(14-8-4-6-10-17(14)24-21)12-18-23(28)25(2)13-20(27)26(18)22/h4-11,18,22,24H,3,12-13H2,1-2H3/t18-,22?/m0/s1. The van der Waals surface area contributed by atoms with Crippen LogP contribution in [-0.4, -0.2) is 52.8 Å². The number of piperazine rings is 1. The Morgan fingerprint density at radius 3 is 2.69 bits per heavy atom. The summed E-state index contributed by atoms with van der Waals surface area (Å²) in [6.45, 7) is 2.57. The number of hydrogen-bond donors (Lipinski definition) is 1. The molecule has 5 rings (SSSR count). The Hall–Kier alpha value is -3.28. The number of aromatic nitrogens is 1. The molecule has 3 heterocycles. The van der Waals surface area contributed by atoms with Crippen LogP contribution in [0.5, 0.6) is 5.75 Å². The third-order valence-electron chi connectivity index (χ3n) is 5.97. The van der Waals surface area contributed by atoms with Crippen molar-refractivity contribution < 1.29 is 14.3 Å². The van der Waals surface area contributed by atoms with Gasteiger partial charge < -0.3 is 19.5 Å². The van der Waals surface area contributed by atoms with Crippen molar-refractivity contribution in [1.29, 1.82) is 0 Å². The Labute approximate surface area is 169 Å². The molecule has 2 aliphatic heterocycles. The van der Waals surface area contributed by atoms with E-state index in [1.54, 1.807) is 11.9 Å². The zero-order valence-corrected chi connectivity index (χ0v) is 16.5. The molecule has 0 aliphatic carbocycles. The second kappa shape index (κ2) is 6.65. The lowest BCUT2D eigenvalue weighted by Gasteiger charge is -2.46. The van der Waals surface area contributed by atoms with Gasteiger partial charge >= 0.3 is 0 Å². The van der Waals surface area contributed by atoms with Gasteiger partial charge in [-0.3, -0.25) is 9.59 Å². The molecule has 0 spiro atoms. The summed E-state index contributed by atoms with van der Waals surface area (Å²) in [6, 6.07) is 15.0. The van der Waals surface area contributed by atoms with Crippen LogP contribution in [0.3, 0.4) is 0 Å². The van der Waals surface area contributed by atoms with Gasteiger partial charge in [-0.15, -0.1) is 0 Å². The highest BCUT2D eigenvalue weighted by atomic mass is 16.5. The molecule has 2 amide bonds. The van der Waals surface area contributed by atoms with Crippen LogP contribution in [0, 0.1) is 0 Å². The number of para-hydroxylation sites is 2. The smallest absolute Gasteiger partial charge is 0.245 e. The van der Waals surface area contributed by atoms with Gasteiger partial charge in [-0.25, -0.2) is 0 Å². The number of fused-ring (bicyclic) bond motifs is 4. The first-order valence-electron chi connectivity index (χ1n) is 9.97. The fourth-order valence-corrected chi connectivity index (χ4v) is 4.72. The zero-order valence-electron chi connectivity index (χ0n) is 16.5. The fourth-order valence-electron chi connectivity index (χ4n) is 4.72. The van der Waals surface area contributed by atoms with Gasteiger partial charge in [0.1, 0.15) is 17.8 Å². The van der Waals surface area contributed by atoms with Crippen molar-refractivity contribution in [3.63, 3.8) is 0 Å². The second-order valence-electron chi connectivity index (χ2n) is 7.65. The Morgan fingerprint density at radius 1 is 1.10 bits per heavy atom. The first-order chi connectivity index (χ1) is 14.1. The van der Waals surface area contributed by atoms with Crippen LogP contribution in [0.1, 0.15) is 29.8 Å². The number of H-pyrrole nitrogens is 1. The maximum absolute atomic E-state index is 13.1. The number of nitrogens with zero attached hydrogens (tertiary/aromatic N) is 2. The topological polar surface area (TPSA) is 65.6 Å². The van der Waals surface area contributed by atoms with E-state index in [2.05, 4.69) is 11.1 Å². The molecule has 2 aliphatic rings. The second-order valence-corrected chi connectivity index (χ2v) is 7.65. The van der Waals surface area contributed by atoms with Gasteiger partial charge in [0, 0.05) is 35.6 Å². The van der Waals surface area contributed by atoms with Gasteiger partial charge in [-0.05, 0) is 24.6 Å². The molecule has 6 heteroatoms. The maximum Gasteiger partial charge on any atom is 0.245 e. The number of ether oxygens (including phenoxy) is 1. The Balaban J connectivity index is 1.77. The molecule has 1 aromatic heterocycles. The Bertz CT molecular complexity index is 1120. The van der Waals surface area contributed by atoms with Crippen molar-refractivity contribution >= 4 is 22.7 Å². The predicted molar refractivity (Wildman–Crippen MR) is 110 cm³/mol. The maximum atomic E-state index is 13.1. The van der Waals surface area contributed by atoms with Crippen molar-refractivity contribution in [2.45, 2.75) is 25.4 Å². The van der Waals surface area contributed by atoms with Crippen molar-refractivity contribution in [3.8, 4) is 5.75 Å². The lowest BCUT2D eigenvalue weighted by molar-refractivity contribution is -0.157. The minimum atomic E-state index is -0.507. The predicted octanol–water partition coefficient (Wildman–Crippen LogP) is 2.88. The molecule has 29 heavy (non-hydrogen) atoms. The quantitative estimate of drug-likeness (QED) is 0.749. The molecule has 1 N–H and O–H groups in total. The van der Waals surface area contributed by atoms with E-state index in [4.69, 9.17) is 4.74 Å². The monoisotopic (exact) mass is 389 g/mol. The summed E-state index contributed by atoms with van der Waals surface area (Å²) in [7, 11) is 1.70. The highest BCUT2D eigenvalue weighted by molar-refractivity contribution is 5.97. The normalized spacial score (nSPS) is 21.3. The average molecular weight is 389 g/mol.